The summed E-state index contributed by atoms with van der Waals surface area (Å²) in [5.41, 5.74) is 2.95. The molecule has 32 heavy (non-hydrogen) atoms. The van der Waals surface area contributed by atoms with Gasteiger partial charge in [-0.2, -0.15) is 4.98 Å². The third kappa shape index (κ3) is 5.01. The number of hydrogen-bond donors (Lipinski definition) is 0. The number of likely N-dealkylation sites (tertiary alicyclic amines) is 1. The molecule has 1 aliphatic heterocycles. The quantitative estimate of drug-likeness (QED) is 0.557. The zero-order chi connectivity index (χ0) is 22.7. The Morgan fingerprint density at radius 2 is 1.84 bits per heavy atom. The van der Waals surface area contributed by atoms with Crippen LogP contribution < -0.4 is 4.74 Å². The van der Waals surface area contributed by atoms with Gasteiger partial charge in [-0.3, -0.25) is 4.79 Å². The SMILES string of the molecule is COc1cccc(-c2noc(CC3CCN(C(=O)c4ccc(C(C)(C)C)cc4)CC3)n2)c1. The molecule has 0 bridgehead atoms. The van der Waals surface area contributed by atoms with E-state index < -0.39 is 0 Å². The number of ether oxygens (including phenoxy) is 1. The first-order valence-corrected chi connectivity index (χ1v) is 11.2. The van der Waals surface area contributed by atoms with Gasteiger partial charge in [0.05, 0.1) is 7.11 Å². The lowest BCUT2D eigenvalue weighted by atomic mass is 9.86. The normalized spacial score (nSPS) is 15.1. The summed E-state index contributed by atoms with van der Waals surface area (Å²) < 4.78 is 10.8. The lowest BCUT2D eigenvalue weighted by molar-refractivity contribution is 0.0687. The fourth-order valence-corrected chi connectivity index (χ4v) is 4.10. The van der Waals surface area contributed by atoms with E-state index in [9.17, 15) is 4.79 Å². The molecule has 0 N–H and O–H groups in total. The number of aromatic nitrogens is 2. The second-order valence-corrected chi connectivity index (χ2v) is 9.51. The average Bonchev–Trinajstić information content (AvgIpc) is 3.27. The van der Waals surface area contributed by atoms with Crippen LogP contribution in [0.3, 0.4) is 0 Å². The predicted octanol–water partition coefficient (Wildman–Crippen LogP) is 5.14. The maximum atomic E-state index is 12.9. The Morgan fingerprint density at radius 3 is 2.50 bits per heavy atom. The van der Waals surface area contributed by atoms with Crippen molar-refractivity contribution in [1.29, 1.82) is 0 Å². The van der Waals surface area contributed by atoms with Gasteiger partial charge in [0.2, 0.25) is 11.7 Å². The van der Waals surface area contributed by atoms with E-state index in [1.54, 1.807) is 7.11 Å². The lowest BCUT2D eigenvalue weighted by Crippen LogP contribution is -2.39. The van der Waals surface area contributed by atoms with E-state index in [1.165, 1.54) is 5.56 Å². The molecule has 4 rings (SSSR count). The third-order valence-electron chi connectivity index (χ3n) is 6.16. The Bertz CT molecular complexity index is 1060. The van der Waals surface area contributed by atoms with Crippen LogP contribution in [0.4, 0.5) is 0 Å². The van der Waals surface area contributed by atoms with E-state index in [0.717, 1.165) is 49.2 Å². The van der Waals surface area contributed by atoms with E-state index >= 15 is 0 Å². The molecule has 1 aromatic heterocycles. The highest BCUT2D eigenvalue weighted by atomic mass is 16.5. The van der Waals surface area contributed by atoms with Crippen LogP contribution in [-0.2, 0) is 11.8 Å². The highest BCUT2D eigenvalue weighted by molar-refractivity contribution is 5.94. The highest BCUT2D eigenvalue weighted by Crippen LogP contribution is 2.26. The molecular formula is C26H31N3O3. The van der Waals surface area contributed by atoms with Gasteiger partial charge in [0.15, 0.2) is 0 Å². The Labute approximate surface area is 189 Å². The minimum absolute atomic E-state index is 0.0844. The Morgan fingerprint density at radius 1 is 1.12 bits per heavy atom. The standard InChI is InChI=1S/C26H31N3O3/c1-26(2,3)21-10-8-19(9-11-21)25(30)29-14-12-18(13-15-29)16-23-27-24(28-32-23)20-6-5-7-22(17-20)31-4/h5-11,17-18H,12-16H2,1-4H3. The van der Waals surface area contributed by atoms with Gasteiger partial charge in [-0.25, -0.2) is 0 Å². The molecule has 0 saturated carbocycles. The third-order valence-corrected chi connectivity index (χ3v) is 6.16. The molecule has 6 heteroatoms. The maximum absolute atomic E-state index is 12.9. The van der Waals surface area contributed by atoms with Crippen molar-refractivity contribution in [1.82, 2.24) is 15.0 Å². The maximum Gasteiger partial charge on any atom is 0.253 e. The first-order chi connectivity index (χ1) is 15.3. The van der Waals surface area contributed by atoms with Gasteiger partial charge in [0.1, 0.15) is 5.75 Å². The number of carbonyl (C=O) groups excluding carboxylic acids is 1. The number of methoxy groups -OCH3 is 1. The smallest absolute Gasteiger partial charge is 0.253 e. The summed E-state index contributed by atoms with van der Waals surface area (Å²) in [6.07, 6.45) is 2.60. The van der Waals surface area contributed by atoms with Gasteiger partial charge in [-0.05, 0) is 54.0 Å². The summed E-state index contributed by atoms with van der Waals surface area (Å²) >= 11 is 0. The molecule has 1 amide bonds. The van der Waals surface area contributed by atoms with Gasteiger partial charge in [0.25, 0.3) is 5.91 Å². The van der Waals surface area contributed by atoms with Crippen molar-refractivity contribution in [2.45, 2.75) is 45.4 Å². The van der Waals surface area contributed by atoms with Gasteiger partial charge in [-0.15, -0.1) is 0 Å². The lowest BCUT2D eigenvalue weighted by Gasteiger charge is -2.31. The van der Waals surface area contributed by atoms with Gasteiger partial charge < -0.3 is 14.2 Å². The van der Waals surface area contributed by atoms with Crippen LogP contribution in [-0.4, -0.2) is 41.1 Å². The summed E-state index contributed by atoms with van der Waals surface area (Å²) in [6.45, 7) is 8.04. The predicted molar refractivity (Wildman–Crippen MR) is 124 cm³/mol. The number of benzene rings is 2. The van der Waals surface area contributed by atoms with E-state index in [-0.39, 0.29) is 11.3 Å². The molecule has 3 aromatic rings. The monoisotopic (exact) mass is 433 g/mol. The molecule has 1 aliphatic rings. The van der Waals surface area contributed by atoms with Crippen LogP contribution in [0, 0.1) is 5.92 Å². The zero-order valence-electron chi connectivity index (χ0n) is 19.3. The molecule has 0 aliphatic carbocycles. The van der Waals surface area contributed by atoms with Crippen molar-refractivity contribution in [2.75, 3.05) is 20.2 Å². The van der Waals surface area contributed by atoms with Crippen molar-refractivity contribution in [3.8, 4) is 17.1 Å². The topological polar surface area (TPSA) is 68.5 Å². The highest BCUT2D eigenvalue weighted by Gasteiger charge is 2.26. The fraction of sp³-hybridized carbons (Fsp3) is 0.423. The summed E-state index contributed by atoms with van der Waals surface area (Å²) in [5.74, 6) is 2.53. The summed E-state index contributed by atoms with van der Waals surface area (Å²) in [6, 6.07) is 15.7. The van der Waals surface area contributed by atoms with Crippen molar-refractivity contribution < 1.29 is 14.1 Å². The fourth-order valence-electron chi connectivity index (χ4n) is 4.10. The van der Waals surface area contributed by atoms with Crippen LogP contribution in [0.15, 0.2) is 53.1 Å². The molecular weight excluding hydrogens is 402 g/mol. The van der Waals surface area contributed by atoms with Crippen molar-refractivity contribution >= 4 is 5.91 Å². The summed E-state index contributed by atoms with van der Waals surface area (Å²) in [5, 5.41) is 4.13. The second kappa shape index (κ2) is 9.15. The molecule has 2 heterocycles. The molecule has 0 unspecified atom stereocenters. The Kier molecular flexibility index (Phi) is 6.31. The zero-order valence-corrected chi connectivity index (χ0v) is 19.3. The molecule has 0 atom stereocenters. The van der Waals surface area contributed by atoms with Gasteiger partial charge in [0, 0.05) is 30.6 Å². The van der Waals surface area contributed by atoms with Crippen molar-refractivity contribution in [3.63, 3.8) is 0 Å². The van der Waals surface area contributed by atoms with Crippen LogP contribution in [0.25, 0.3) is 11.4 Å². The van der Waals surface area contributed by atoms with Crippen molar-refractivity contribution in [2.24, 2.45) is 5.92 Å². The van der Waals surface area contributed by atoms with Gasteiger partial charge >= 0.3 is 0 Å². The van der Waals surface area contributed by atoms with Crippen molar-refractivity contribution in [3.05, 3.63) is 65.5 Å². The van der Waals surface area contributed by atoms with Crippen LogP contribution in [0.5, 0.6) is 5.75 Å². The first kappa shape index (κ1) is 22.1. The molecule has 6 nitrogen and oxygen atoms in total. The Balaban J connectivity index is 1.32. The van der Waals surface area contributed by atoms with E-state index in [4.69, 9.17) is 9.26 Å². The summed E-state index contributed by atoms with van der Waals surface area (Å²) in [4.78, 5) is 19.4. The number of carbonyl (C=O) groups is 1. The number of rotatable bonds is 5. The minimum atomic E-state index is 0.0844. The average molecular weight is 434 g/mol. The minimum Gasteiger partial charge on any atom is -0.497 e. The first-order valence-electron chi connectivity index (χ1n) is 11.2. The second-order valence-electron chi connectivity index (χ2n) is 9.51. The van der Waals surface area contributed by atoms with E-state index in [0.29, 0.717) is 17.6 Å². The number of nitrogens with zero attached hydrogens (tertiary/aromatic N) is 3. The molecule has 0 spiro atoms. The largest absolute Gasteiger partial charge is 0.497 e. The molecule has 1 fully saturated rings. The molecule has 2 aromatic carbocycles. The molecule has 1 saturated heterocycles. The van der Waals surface area contributed by atoms with Crippen LogP contribution >= 0.6 is 0 Å². The number of piperidine rings is 1. The van der Waals surface area contributed by atoms with Crippen LogP contribution in [0.1, 0.15) is 55.4 Å². The van der Waals surface area contributed by atoms with Crippen LogP contribution in [0.2, 0.25) is 0 Å². The van der Waals surface area contributed by atoms with E-state index in [2.05, 4.69) is 43.0 Å². The Hall–Kier alpha value is -3.15. The van der Waals surface area contributed by atoms with Gasteiger partial charge in [-0.1, -0.05) is 50.2 Å². The van der Waals surface area contributed by atoms with E-state index in [1.807, 2.05) is 41.3 Å². The number of hydrogen-bond acceptors (Lipinski definition) is 5. The molecule has 168 valence electrons. The summed E-state index contributed by atoms with van der Waals surface area (Å²) in [7, 11) is 1.64. The number of amides is 1. The molecule has 0 radical (unpaired) electrons.